The molecule has 0 spiro atoms. The molecule has 1 aromatic carbocycles. The quantitative estimate of drug-likeness (QED) is 0.489. The van der Waals surface area contributed by atoms with E-state index in [1.165, 1.54) is 5.57 Å². The van der Waals surface area contributed by atoms with Gasteiger partial charge in [0.05, 0.1) is 0 Å². The summed E-state index contributed by atoms with van der Waals surface area (Å²) in [5, 5.41) is 14.6. The molecule has 0 aliphatic heterocycles. The van der Waals surface area contributed by atoms with Crippen molar-refractivity contribution in [3.05, 3.63) is 41.1 Å². The molecule has 0 bridgehead atoms. The minimum atomic E-state index is 0.403. The number of halogens is 1. The van der Waals surface area contributed by atoms with Crippen LogP contribution >= 0.6 is 11.6 Å². The third-order valence-corrected chi connectivity index (χ3v) is 3.33. The van der Waals surface area contributed by atoms with Crippen molar-refractivity contribution in [1.29, 1.82) is 0 Å². The van der Waals surface area contributed by atoms with Crippen LogP contribution in [0.3, 0.4) is 0 Å². The number of nitrogens with one attached hydrogen (secondary N) is 1. The van der Waals surface area contributed by atoms with Gasteiger partial charge in [0.1, 0.15) is 0 Å². The monoisotopic (exact) mass is 302 g/mol. The molecule has 0 aliphatic carbocycles. The number of anilines is 1. The first kappa shape index (κ1) is 15.4. The number of nitrogens with zero attached hydrogens (tertiary/aromatic N) is 3. The zero-order chi connectivity index (χ0) is 15.2. The first-order valence-corrected chi connectivity index (χ1v) is 7.29. The van der Waals surface area contributed by atoms with E-state index >= 15 is 0 Å². The molecule has 21 heavy (non-hydrogen) atoms. The molecule has 2 rings (SSSR count). The van der Waals surface area contributed by atoms with Crippen LogP contribution in [0.1, 0.15) is 33.6 Å². The lowest BCUT2D eigenvalue weighted by Gasteiger charge is -2.06. The number of hydrazone groups is 1. The zero-order valence-corrected chi connectivity index (χ0v) is 13.3. The third kappa shape index (κ3) is 4.26. The maximum atomic E-state index is 6.05. The topological polar surface area (TPSA) is 50.2 Å². The number of benzene rings is 1. The summed E-state index contributed by atoms with van der Waals surface area (Å²) in [4.78, 5) is 0. The molecule has 0 fully saturated rings. The fourth-order valence-corrected chi connectivity index (χ4v) is 2.13. The lowest BCUT2D eigenvalue weighted by molar-refractivity contribution is 1.02. The van der Waals surface area contributed by atoms with E-state index in [-0.39, 0.29) is 0 Å². The molecule has 1 aromatic heterocycles. The van der Waals surface area contributed by atoms with Gasteiger partial charge in [0.2, 0.25) is 0 Å². The second-order valence-electron chi connectivity index (χ2n) is 5.16. The van der Waals surface area contributed by atoms with Gasteiger partial charge in [-0.1, -0.05) is 47.5 Å². The van der Waals surface area contributed by atoms with E-state index in [4.69, 9.17) is 11.6 Å². The van der Waals surface area contributed by atoms with Crippen molar-refractivity contribution < 1.29 is 0 Å². The molecule has 2 aromatic rings. The van der Waals surface area contributed by atoms with Crippen molar-refractivity contribution in [2.45, 2.75) is 33.6 Å². The number of hydrogen-bond acceptors (Lipinski definition) is 4. The van der Waals surface area contributed by atoms with Crippen LogP contribution in [-0.2, 0) is 0 Å². The van der Waals surface area contributed by atoms with Gasteiger partial charge in [0.15, 0.2) is 11.0 Å². The molecule has 1 heterocycles. The smallest absolute Gasteiger partial charge is 0.176 e. The average Bonchev–Trinajstić information content (AvgIpc) is 2.46. The van der Waals surface area contributed by atoms with Crippen LogP contribution in [0.4, 0.5) is 5.82 Å². The summed E-state index contributed by atoms with van der Waals surface area (Å²) < 4.78 is 0. The molecular weight excluding hydrogens is 284 g/mol. The van der Waals surface area contributed by atoms with Gasteiger partial charge in [-0.15, -0.1) is 10.2 Å². The van der Waals surface area contributed by atoms with E-state index < -0.39 is 0 Å². The van der Waals surface area contributed by atoms with Crippen LogP contribution < -0.4 is 5.43 Å². The minimum Gasteiger partial charge on any atom is -0.259 e. The van der Waals surface area contributed by atoms with E-state index in [0.717, 1.165) is 29.3 Å². The van der Waals surface area contributed by atoms with Gasteiger partial charge in [0, 0.05) is 16.5 Å². The predicted octanol–water partition coefficient (Wildman–Crippen LogP) is 4.82. The summed E-state index contributed by atoms with van der Waals surface area (Å²) >= 11 is 6.05. The van der Waals surface area contributed by atoms with E-state index in [9.17, 15) is 0 Å². The zero-order valence-electron chi connectivity index (χ0n) is 12.5. The molecule has 0 unspecified atom stereocenters. The van der Waals surface area contributed by atoms with Gasteiger partial charge in [-0.3, -0.25) is 5.43 Å². The first-order chi connectivity index (χ1) is 10.1. The number of rotatable bonds is 5. The van der Waals surface area contributed by atoms with Gasteiger partial charge in [-0.25, -0.2) is 0 Å². The Kier molecular flexibility index (Phi) is 5.28. The lowest BCUT2D eigenvalue weighted by Crippen LogP contribution is -2.01. The number of fused-ring (bicyclic) bond motifs is 1. The summed E-state index contributed by atoms with van der Waals surface area (Å²) in [6.45, 7) is 6.19. The maximum Gasteiger partial charge on any atom is 0.176 e. The summed E-state index contributed by atoms with van der Waals surface area (Å²) in [7, 11) is 0. The molecule has 110 valence electrons. The van der Waals surface area contributed by atoms with Crippen LogP contribution in [0, 0.1) is 0 Å². The Labute approximate surface area is 129 Å². The van der Waals surface area contributed by atoms with E-state index in [0.29, 0.717) is 11.0 Å². The third-order valence-electron chi connectivity index (χ3n) is 3.05. The van der Waals surface area contributed by atoms with Crippen LogP contribution in [-0.4, -0.2) is 15.9 Å². The molecule has 0 atom stereocenters. The van der Waals surface area contributed by atoms with Crippen molar-refractivity contribution in [3.8, 4) is 0 Å². The number of hydrogen-bond donors (Lipinski definition) is 1. The minimum absolute atomic E-state index is 0.403. The predicted molar refractivity (Wildman–Crippen MR) is 89.9 cm³/mol. The number of allylic oxidation sites excluding steroid dienone is 2. The van der Waals surface area contributed by atoms with Crippen molar-refractivity contribution >= 4 is 33.9 Å². The lowest BCUT2D eigenvalue weighted by atomic mass is 10.2. The van der Waals surface area contributed by atoms with E-state index in [1.54, 1.807) is 0 Å². The van der Waals surface area contributed by atoms with Crippen LogP contribution in [0.2, 0.25) is 5.15 Å². The van der Waals surface area contributed by atoms with Gasteiger partial charge in [-0.05, 0) is 33.6 Å². The Balaban J connectivity index is 2.13. The second kappa shape index (κ2) is 7.18. The van der Waals surface area contributed by atoms with Gasteiger partial charge in [0.25, 0.3) is 0 Å². The molecule has 4 nitrogen and oxygen atoms in total. The highest BCUT2D eigenvalue weighted by Gasteiger charge is 2.06. The standard InChI is InChI=1S/C16H19ClN4/c1-11(2)7-6-8-12(3)18-20-16-14-10-5-4-9-13(14)15(17)19-21-16/h4-5,7,9-10H,6,8H2,1-3H3,(H,20,21). The van der Waals surface area contributed by atoms with E-state index in [1.807, 2.05) is 31.2 Å². The highest BCUT2D eigenvalue weighted by molar-refractivity contribution is 6.34. The van der Waals surface area contributed by atoms with Crippen molar-refractivity contribution in [3.63, 3.8) is 0 Å². The molecule has 0 aliphatic rings. The van der Waals surface area contributed by atoms with E-state index in [2.05, 4.69) is 40.6 Å². The molecule has 0 saturated carbocycles. The Hall–Kier alpha value is -1.94. The van der Waals surface area contributed by atoms with Crippen LogP contribution in [0.15, 0.2) is 41.0 Å². The molecule has 1 N–H and O–H groups in total. The number of aromatic nitrogens is 2. The van der Waals surface area contributed by atoms with Crippen LogP contribution in [0.25, 0.3) is 10.8 Å². The largest absolute Gasteiger partial charge is 0.259 e. The Morgan fingerprint density at radius 2 is 1.90 bits per heavy atom. The molecule has 0 radical (unpaired) electrons. The first-order valence-electron chi connectivity index (χ1n) is 6.91. The molecule has 5 heteroatoms. The van der Waals surface area contributed by atoms with Crippen molar-refractivity contribution in [1.82, 2.24) is 10.2 Å². The normalized spacial score (nSPS) is 11.5. The molecular formula is C16H19ClN4. The van der Waals surface area contributed by atoms with Gasteiger partial charge < -0.3 is 0 Å². The molecule has 0 amide bonds. The Morgan fingerprint density at radius 3 is 2.62 bits per heavy atom. The summed E-state index contributed by atoms with van der Waals surface area (Å²) in [6.07, 6.45) is 4.11. The summed E-state index contributed by atoms with van der Waals surface area (Å²) in [5.41, 5.74) is 5.33. The fourth-order valence-electron chi connectivity index (χ4n) is 1.93. The van der Waals surface area contributed by atoms with Crippen molar-refractivity contribution in [2.24, 2.45) is 5.10 Å². The van der Waals surface area contributed by atoms with Gasteiger partial charge in [-0.2, -0.15) is 5.10 Å². The second-order valence-corrected chi connectivity index (χ2v) is 5.52. The Morgan fingerprint density at radius 1 is 1.19 bits per heavy atom. The van der Waals surface area contributed by atoms with Crippen molar-refractivity contribution in [2.75, 3.05) is 5.43 Å². The Bertz CT molecular complexity index is 688. The highest BCUT2D eigenvalue weighted by Crippen LogP contribution is 2.25. The maximum absolute atomic E-state index is 6.05. The SMILES string of the molecule is CC(C)=CCCC(C)=NNc1nnc(Cl)c2ccccc12. The van der Waals surface area contributed by atoms with Crippen LogP contribution in [0.5, 0.6) is 0 Å². The van der Waals surface area contributed by atoms with Gasteiger partial charge >= 0.3 is 0 Å². The highest BCUT2D eigenvalue weighted by atomic mass is 35.5. The summed E-state index contributed by atoms with van der Waals surface area (Å²) in [5.74, 6) is 0.622. The summed E-state index contributed by atoms with van der Waals surface area (Å²) in [6, 6.07) is 7.74. The fraction of sp³-hybridized carbons (Fsp3) is 0.312. The molecule has 0 saturated heterocycles. The average molecular weight is 303 g/mol.